The Bertz CT molecular complexity index is 1590. The van der Waals surface area contributed by atoms with Crippen LogP contribution in [-0.2, 0) is 10.8 Å². The van der Waals surface area contributed by atoms with Gasteiger partial charge in [0.1, 0.15) is 6.54 Å². The molecule has 45 heavy (non-hydrogen) atoms. The lowest BCUT2D eigenvalue weighted by Crippen LogP contribution is -2.28. The van der Waals surface area contributed by atoms with Crippen molar-refractivity contribution in [1.29, 1.82) is 0 Å². The van der Waals surface area contributed by atoms with Gasteiger partial charge in [-0.1, -0.05) is 26.0 Å². The first kappa shape index (κ1) is 34.9. The minimum Gasteiger partial charge on any atom is -0.344 e. The van der Waals surface area contributed by atoms with Crippen LogP contribution in [-0.4, -0.2) is 34.9 Å². The summed E-state index contributed by atoms with van der Waals surface area (Å²) in [6, 6.07) is 13.2. The second-order valence-electron chi connectivity index (χ2n) is 13.5. The quantitative estimate of drug-likeness (QED) is 0.0892. The molecule has 0 N–H and O–H groups in total. The number of rotatable bonds is 11. The Balaban J connectivity index is 1.48. The molecule has 0 fully saturated rings. The van der Waals surface area contributed by atoms with Gasteiger partial charge in [-0.25, -0.2) is 0 Å². The molecule has 0 saturated carbocycles. The van der Waals surface area contributed by atoms with E-state index >= 15 is 0 Å². The van der Waals surface area contributed by atoms with Crippen molar-refractivity contribution in [3.05, 3.63) is 93.6 Å². The zero-order valence-corrected chi connectivity index (χ0v) is 31.7. The maximum atomic E-state index is 5.16. The Labute approximate surface area is 299 Å². The van der Waals surface area contributed by atoms with Crippen LogP contribution in [0.1, 0.15) is 83.8 Å². The Morgan fingerprint density at radius 1 is 0.778 bits per heavy atom. The van der Waals surface area contributed by atoms with Crippen LogP contribution in [0.25, 0.3) is 0 Å². The van der Waals surface area contributed by atoms with Gasteiger partial charge in [-0.2, -0.15) is 29.8 Å². The first-order valence-corrected chi connectivity index (χ1v) is 18.9. The van der Waals surface area contributed by atoms with Gasteiger partial charge in [0.2, 0.25) is 5.69 Å². The van der Waals surface area contributed by atoms with E-state index in [1.54, 1.807) is 0 Å². The third-order valence-electron chi connectivity index (χ3n) is 9.72. The highest BCUT2D eigenvalue weighted by molar-refractivity contribution is 7.84. The number of unbranched alkanes of at least 4 members (excludes halogenated alkanes) is 2. The van der Waals surface area contributed by atoms with Gasteiger partial charge in [0.25, 0.3) is 0 Å². The fourth-order valence-corrected chi connectivity index (χ4v) is 8.40. The van der Waals surface area contributed by atoms with Crippen molar-refractivity contribution in [2.24, 2.45) is 0 Å². The summed E-state index contributed by atoms with van der Waals surface area (Å²) < 4.78 is 2.52. The number of hydrogen-bond acceptors (Lipinski definition) is 6. The second kappa shape index (κ2) is 14.8. The summed E-state index contributed by atoms with van der Waals surface area (Å²) in [6.07, 6.45) is 17.1. The maximum absolute atomic E-state index is 5.16. The fourth-order valence-electron chi connectivity index (χ4n) is 7.17. The summed E-state index contributed by atoms with van der Waals surface area (Å²) in [7, 11) is 0. The van der Waals surface area contributed by atoms with Crippen molar-refractivity contribution in [2.75, 3.05) is 29.5 Å². The van der Waals surface area contributed by atoms with Gasteiger partial charge in [-0.3, -0.25) is 0 Å². The van der Waals surface area contributed by atoms with E-state index in [0.717, 1.165) is 84.2 Å². The summed E-state index contributed by atoms with van der Waals surface area (Å²) in [6.45, 7) is 11.3. The second-order valence-corrected chi connectivity index (χ2v) is 15.9. The van der Waals surface area contributed by atoms with Crippen molar-refractivity contribution >= 4 is 80.2 Å². The Morgan fingerprint density at radius 2 is 1.47 bits per heavy atom. The van der Waals surface area contributed by atoms with Gasteiger partial charge in [0, 0.05) is 62.2 Å². The molecule has 0 saturated heterocycles. The molecule has 1 aliphatic carbocycles. The van der Waals surface area contributed by atoms with E-state index in [9.17, 15) is 0 Å². The average Bonchev–Trinajstić information content (AvgIpc) is 3.34. The van der Waals surface area contributed by atoms with E-state index in [-0.39, 0.29) is 10.8 Å². The van der Waals surface area contributed by atoms with E-state index < -0.39 is 0 Å². The molecule has 0 aromatic heterocycles. The lowest BCUT2D eigenvalue weighted by Gasteiger charge is -2.27. The molecule has 2 nitrogen and oxygen atoms in total. The van der Waals surface area contributed by atoms with Crippen LogP contribution in [0.3, 0.4) is 0 Å². The molecule has 0 radical (unpaired) electrons. The third-order valence-corrected chi connectivity index (χ3v) is 11.5. The Morgan fingerprint density at radius 3 is 2.20 bits per heavy atom. The molecule has 5 rings (SSSR count). The van der Waals surface area contributed by atoms with Crippen molar-refractivity contribution in [3.63, 3.8) is 0 Å². The first-order valence-electron chi connectivity index (χ1n) is 16.3. The molecular weight excluding hydrogens is 645 g/mol. The van der Waals surface area contributed by atoms with Crippen molar-refractivity contribution < 1.29 is 4.58 Å². The molecule has 7 heteroatoms. The summed E-state index contributed by atoms with van der Waals surface area (Å²) in [5, 5.41) is 0. The number of nitrogens with zero attached hydrogens (tertiary/aromatic N) is 2. The van der Waals surface area contributed by atoms with Crippen molar-refractivity contribution in [3.8, 4) is 0 Å². The van der Waals surface area contributed by atoms with E-state index in [1.807, 2.05) is 0 Å². The van der Waals surface area contributed by atoms with Gasteiger partial charge < -0.3 is 4.90 Å². The molecule has 0 atom stereocenters. The van der Waals surface area contributed by atoms with Crippen LogP contribution < -0.4 is 4.90 Å². The van der Waals surface area contributed by atoms with Crippen LogP contribution in [0.5, 0.6) is 0 Å². The summed E-state index contributed by atoms with van der Waals surface area (Å²) >= 11 is 23.4. The van der Waals surface area contributed by atoms with Crippen LogP contribution >= 0.6 is 63.1 Å². The van der Waals surface area contributed by atoms with Gasteiger partial charge >= 0.3 is 0 Å². The number of fused-ring (bicyclic) bond motifs is 2. The minimum absolute atomic E-state index is 0.104. The fraction of sp³-hybridized carbons (Fsp3) is 0.447. The highest BCUT2D eigenvalue weighted by Gasteiger charge is 2.44. The summed E-state index contributed by atoms with van der Waals surface area (Å²) in [5.74, 6) is 1.83. The van der Waals surface area contributed by atoms with Crippen LogP contribution in [0, 0.1) is 0 Å². The lowest BCUT2D eigenvalue weighted by atomic mass is 9.81. The Hall–Kier alpha value is -1.38. The molecule has 240 valence electrons. The van der Waals surface area contributed by atoms with Gasteiger partial charge in [-0.15, -0.1) is 37.9 Å². The first-order chi connectivity index (χ1) is 21.5. The van der Waals surface area contributed by atoms with Crippen molar-refractivity contribution in [2.45, 2.75) is 93.3 Å². The maximum Gasteiger partial charge on any atom is 0.209 e. The number of allylic oxidation sites excluding steroid dienone is 7. The molecule has 0 amide bonds. The van der Waals surface area contributed by atoms with Crippen molar-refractivity contribution in [1.82, 2.24) is 0 Å². The Kier molecular flexibility index (Phi) is 11.5. The average molecular weight is 694 g/mol. The van der Waals surface area contributed by atoms with Gasteiger partial charge in [-0.05, 0) is 117 Å². The molecule has 2 aliphatic heterocycles. The molecule has 3 aliphatic rings. The lowest BCUT2D eigenvalue weighted by molar-refractivity contribution is -0.438. The standard InChI is InChI=1S/C38H48N2S5/c1-37(2)30-24-28(43)14-16-32(30)39(20-5-7-22-41)34(37)18-12-26-10-9-11-27(36(26)45)13-19-35-38(3,4)31-25-29(44)15-17-33(31)40(35)21-6-8-23-42/h12-19,24-25,41-44H,5-11,20-23H2,1-4H3/p+1/b26-12+,34-18+. The predicted octanol–water partition coefficient (Wildman–Crippen LogP) is 10.6. The largest absolute Gasteiger partial charge is 0.344 e. The van der Waals surface area contributed by atoms with E-state index in [2.05, 4.69) is 148 Å². The van der Waals surface area contributed by atoms with Gasteiger partial charge in [0.05, 0.1) is 5.41 Å². The monoisotopic (exact) mass is 693 g/mol. The van der Waals surface area contributed by atoms with Crippen LogP contribution in [0.15, 0.2) is 92.2 Å². The van der Waals surface area contributed by atoms with E-state index in [4.69, 9.17) is 12.6 Å². The normalized spacial score (nSPS) is 20.7. The molecule has 0 bridgehead atoms. The minimum atomic E-state index is -0.104. The number of anilines is 1. The zero-order valence-electron chi connectivity index (χ0n) is 27.2. The summed E-state index contributed by atoms with van der Waals surface area (Å²) in [4.78, 5) is 5.66. The molecule has 0 spiro atoms. The molecule has 2 aromatic carbocycles. The molecule has 2 aromatic rings. The number of thiol groups is 5. The highest BCUT2D eigenvalue weighted by Crippen LogP contribution is 2.49. The van der Waals surface area contributed by atoms with E-state index in [1.165, 1.54) is 45.1 Å². The summed E-state index contributed by atoms with van der Waals surface area (Å²) in [5.41, 5.74) is 10.4. The van der Waals surface area contributed by atoms with Crippen LogP contribution in [0.2, 0.25) is 0 Å². The van der Waals surface area contributed by atoms with Crippen LogP contribution in [0.4, 0.5) is 11.4 Å². The topological polar surface area (TPSA) is 6.25 Å². The third kappa shape index (κ3) is 7.23. The van der Waals surface area contributed by atoms with Gasteiger partial charge in [0.15, 0.2) is 5.71 Å². The number of hydrogen-bond donors (Lipinski definition) is 5. The SMILES string of the molecule is CC1(C)C(/C=C/C2=C(S)C(=C/C=C3/N(CCCCS)c4ccc(S)cc4C3(C)C)/CCC2)=[N+](CCCCS)c2ccc(S)cc21. The molecule has 0 unspecified atom stereocenters. The van der Waals surface area contributed by atoms with E-state index in [0.29, 0.717) is 0 Å². The molecular formula is C38H49N2S5+. The predicted molar refractivity (Wildman–Crippen MR) is 212 cm³/mol. The smallest absolute Gasteiger partial charge is 0.209 e. The number of benzene rings is 2. The molecule has 2 heterocycles. The highest BCUT2D eigenvalue weighted by atomic mass is 32.1. The zero-order chi connectivity index (χ0) is 32.4.